The molecule has 0 saturated carbocycles. The predicted octanol–water partition coefficient (Wildman–Crippen LogP) is 0.910. The molecular weight excluding hydrogens is 270 g/mol. The van der Waals surface area contributed by atoms with Gasteiger partial charge < -0.3 is 14.7 Å². The number of carbonyl (C=O) groups is 1. The monoisotopic (exact) mass is 287 g/mol. The Morgan fingerprint density at radius 1 is 1.43 bits per heavy atom. The third-order valence-electron chi connectivity index (χ3n) is 3.63. The lowest BCUT2D eigenvalue weighted by atomic mass is 10.1. The summed E-state index contributed by atoms with van der Waals surface area (Å²) in [6.45, 7) is 1.22. The fraction of sp³-hybridized carbons (Fsp3) is 0.333. The molecule has 21 heavy (non-hydrogen) atoms. The number of aromatic nitrogens is 2. The number of morpholine rings is 1. The molecule has 1 atom stereocenters. The Labute approximate surface area is 122 Å². The minimum absolute atomic E-state index is 0.107. The summed E-state index contributed by atoms with van der Waals surface area (Å²) < 4.78 is 5.31. The Morgan fingerprint density at radius 3 is 3.00 bits per heavy atom. The Hall–Kier alpha value is -2.18. The smallest absolute Gasteiger partial charge is 0.258 e. The van der Waals surface area contributed by atoms with Gasteiger partial charge in [0.25, 0.3) is 5.91 Å². The van der Waals surface area contributed by atoms with Gasteiger partial charge in [-0.1, -0.05) is 30.3 Å². The van der Waals surface area contributed by atoms with Gasteiger partial charge in [-0.25, -0.2) is 0 Å². The summed E-state index contributed by atoms with van der Waals surface area (Å²) in [6.07, 6.45) is 1.54. The van der Waals surface area contributed by atoms with Crippen molar-refractivity contribution in [2.45, 2.75) is 6.04 Å². The SMILES string of the molecule is O=C(c1cn[nH]c1-c1ccccc1)N1CCOCC1CO. The standard InChI is InChI=1S/C15H17N3O3/c19-9-12-10-21-7-6-18(12)15(20)13-8-16-17-14(13)11-4-2-1-3-5-11/h1-5,8,12,19H,6-7,9-10H2,(H,16,17). The van der Waals surface area contributed by atoms with Gasteiger partial charge in [-0.15, -0.1) is 0 Å². The fourth-order valence-corrected chi connectivity index (χ4v) is 2.50. The number of carbonyl (C=O) groups excluding carboxylic acids is 1. The van der Waals surface area contributed by atoms with Crippen molar-refractivity contribution in [3.63, 3.8) is 0 Å². The molecule has 1 saturated heterocycles. The first-order chi connectivity index (χ1) is 10.3. The molecule has 1 aromatic carbocycles. The molecule has 2 aromatic rings. The van der Waals surface area contributed by atoms with Crippen LogP contribution >= 0.6 is 0 Å². The molecule has 3 rings (SSSR count). The summed E-state index contributed by atoms with van der Waals surface area (Å²) >= 11 is 0. The van der Waals surface area contributed by atoms with E-state index in [1.54, 1.807) is 4.90 Å². The molecule has 1 unspecified atom stereocenters. The molecule has 1 amide bonds. The number of hydrogen-bond acceptors (Lipinski definition) is 4. The maximum absolute atomic E-state index is 12.7. The van der Waals surface area contributed by atoms with E-state index >= 15 is 0 Å². The van der Waals surface area contributed by atoms with Crippen LogP contribution in [-0.4, -0.2) is 58.5 Å². The molecule has 1 aliphatic rings. The quantitative estimate of drug-likeness (QED) is 0.879. The number of rotatable bonds is 3. The topological polar surface area (TPSA) is 78.5 Å². The first kappa shape index (κ1) is 13.8. The van der Waals surface area contributed by atoms with Crippen LogP contribution in [0.4, 0.5) is 0 Å². The fourth-order valence-electron chi connectivity index (χ4n) is 2.50. The van der Waals surface area contributed by atoms with Gasteiger partial charge in [-0.3, -0.25) is 9.89 Å². The van der Waals surface area contributed by atoms with Crippen molar-refractivity contribution in [1.29, 1.82) is 0 Å². The van der Waals surface area contributed by atoms with Crippen molar-refractivity contribution >= 4 is 5.91 Å². The van der Waals surface area contributed by atoms with E-state index in [2.05, 4.69) is 10.2 Å². The van der Waals surface area contributed by atoms with Crippen LogP contribution in [-0.2, 0) is 4.74 Å². The molecule has 0 bridgehead atoms. The third kappa shape index (κ3) is 2.68. The van der Waals surface area contributed by atoms with Crippen LogP contribution < -0.4 is 0 Å². The highest BCUT2D eigenvalue weighted by Crippen LogP contribution is 2.23. The highest BCUT2D eigenvalue weighted by Gasteiger charge is 2.29. The van der Waals surface area contributed by atoms with Crippen molar-refractivity contribution in [2.75, 3.05) is 26.4 Å². The van der Waals surface area contributed by atoms with Crippen molar-refractivity contribution in [2.24, 2.45) is 0 Å². The molecule has 0 spiro atoms. The van der Waals surface area contributed by atoms with E-state index in [0.29, 0.717) is 31.0 Å². The van der Waals surface area contributed by atoms with Gasteiger partial charge in [0.05, 0.1) is 43.3 Å². The summed E-state index contributed by atoms with van der Waals surface area (Å²) in [6, 6.07) is 9.29. The van der Waals surface area contributed by atoms with Crippen LogP contribution in [0.25, 0.3) is 11.3 Å². The normalized spacial score (nSPS) is 18.7. The van der Waals surface area contributed by atoms with Crippen LogP contribution in [0.1, 0.15) is 10.4 Å². The summed E-state index contributed by atoms with van der Waals surface area (Å²) in [5.74, 6) is -0.134. The molecule has 0 radical (unpaired) electrons. The second-order valence-corrected chi connectivity index (χ2v) is 4.93. The maximum atomic E-state index is 12.7. The Kier molecular flexibility index (Phi) is 3.98. The van der Waals surface area contributed by atoms with E-state index in [0.717, 1.165) is 5.56 Å². The number of benzene rings is 1. The molecule has 1 aromatic heterocycles. The van der Waals surface area contributed by atoms with Gasteiger partial charge in [0.2, 0.25) is 0 Å². The predicted molar refractivity (Wildman–Crippen MR) is 76.8 cm³/mol. The van der Waals surface area contributed by atoms with Crippen molar-refractivity contribution in [3.8, 4) is 11.3 Å². The summed E-state index contributed by atoms with van der Waals surface area (Å²) in [7, 11) is 0. The molecule has 6 heteroatoms. The lowest BCUT2D eigenvalue weighted by molar-refractivity contribution is -0.0183. The zero-order valence-electron chi connectivity index (χ0n) is 11.5. The molecule has 6 nitrogen and oxygen atoms in total. The first-order valence-electron chi connectivity index (χ1n) is 6.89. The minimum Gasteiger partial charge on any atom is -0.394 e. The van der Waals surface area contributed by atoms with E-state index in [-0.39, 0.29) is 18.6 Å². The van der Waals surface area contributed by atoms with Crippen LogP contribution in [0.5, 0.6) is 0 Å². The summed E-state index contributed by atoms with van der Waals surface area (Å²) in [4.78, 5) is 14.4. The van der Waals surface area contributed by atoms with Crippen molar-refractivity contribution < 1.29 is 14.6 Å². The largest absolute Gasteiger partial charge is 0.394 e. The number of nitrogens with one attached hydrogen (secondary N) is 1. The van der Waals surface area contributed by atoms with Gasteiger partial charge in [0.1, 0.15) is 0 Å². The van der Waals surface area contributed by atoms with E-state index in [4.69, 9.17) is 4.74 Å². The van der Waals surface area contributed by atoms with Crippen LogP contribution in [0.2, 0.25) is 0 Å². The minimum atomic E-state index is -0.301. The van der Waals surface area contributed by atoms with E-state index in [1.807, 2.05) is 30.3 Å². The molecule has 2 heterocycles. The second kappa shape index (κ2) is 6.07. The second-order valence-electron chi connectivity index (χ2n) is 4.93. The average molecular weight is 287 g/mol. The lowest BCUT2D eigenvalue weighted by Gasteiger charge is -2.34. The molecular formula is C15H17N3O3. The zero-order chi connectivity index (χ0) is 14.7. The van der Waals surface area contributed by atoms with Crippen molar-refractivity contribution in [3.05, 3.63) is 42.1 Å². The Balaban J connectivity index is 1.90. The number of aliphatic hydroxyl groups excluding tert-OH is 1. The number of amides is 1. The first-order valence-corrected chi connectivity index (χ1v) is 6.89. The third-order valence-corrected chi connectivity index (χ3v) is 3.63. The van der Waals surface area contributed by atoms with Gasteiger partial charge in [0.15, 0.2) is 0 Å². The number of nitrogens with zero attached hydrogens (tertiary/aromatic N) is 2. The summed E-state index contributed by atoms with van der Waals surface area (Å²) in [5, 5.41) is 16.3. The maximum Gasteiger partial charge on any atom is 0.258 e. The molecule has 2 N–H and O–H groups in total. The molecule has 110 valence electrons. The van der Waals surface area contributed by atoms with E-state index in [1.165, 1.54) is 6.20 Å². The number of aromatic amines is 1. The molecule has 0 aliphatic carbocycles. The average Bonchev–Trinajstić information content (AvgIpc) is 3.04. The van der Waals surface area contributed by atoms with Gasteiger partial charge in [-0.05, 0) is 0 Å². The zero-order valence-corrected chi connectivity index (χ0v) is 11.5. The lowest BCUT2D eigenvalue weighted by Crippen LogP contribution is -2.50. The Morgan fingerprint density at radius 2 is 2.24 bits per heavy atom. The highest BCUT2D eigenvalue weighted by molar-refractivity contribution is 6.00. The number of H-pyrrole nitrogens is 1. The van der Waals surface area contributed by atoms with Crippen molar-refractivity contribution in [1.82, 2.24) is 15.1 Å². The van der Waals surface area contributed by atoms with Gasteiger partial charge in [0, 0.05) is 12.1 Å². The van der Waals surface area contributed by atoms with E-state index in [9.17, 15) is 9.90 Å². The summed E-state index contributed by atoms with van der Waals surface area (Å²) in [5.41, 5.74) is 2.12. The van der Waals surface area contributed by atoms with E-state index < -0.39 is 0 Å². The van der Waals surface area contributed by atoms with Crippen LogP contribution in [0.3, 0.4) is 0 Å². The Bertz CT molecular complexity index is 612. The number of ether oxygens (including phenoxy) is 1. The molecule has 1 fully saturated rings. The van der Waals surface area contributed by atoms with Crippen LogP contribution in [0, 0.1) is 0 Å². The number of hydrogen-bond donors (Lipinski definition) is 2. The molecule has 1 aliphatic heterocycles. The van der Waals surface area contributed by atoms with Crippen LogP contribution in [0.15, 0.2) is 36.5 Å². The number of aliphatic hydroxyl groups is 1. The van der Waals surface area contributed by atoms with Gasteiger partial charge >= 0.3 is 0 Å². The highest BCUT2D eigenvalue weighted by atomic mass is 16.5. The van der Waals surface area contributed by atoms with Gasteiger partial charge in [-0.2, -0.15) is 5.10 Å².